The number of amides is 2. The maximum atomic E-state index is 12.8. The van der Waals surface area contributed by atoms with Crippen LogP contribution in [0.25, 0.3) is 11.3 Å². The Morgan fingerprint density at radius 1 is 1.36 bits per heavy atom. The summed E-state index contributed by atoms with van der Waals surface area (Å²) in [7, 11) is 0. The fourth-order valence-corrected chi connectivity index (χ4v) is 3.60. The van der Waals surface area contributed by atoms with Crippen molar-refractivity contribution < 1.29 is 4.79 Å². The molecule has 1 atom stereocenters. The van der Waals surface area contributed by atoms with Crippen molar-refractivity contribution in [3.05, 3.63) is 42.0 Å². The van der Waals surface area contributed by atoms with Gasteiger partial charge in [0.05, 0.1) is 6.04 Å². The number of H-pyrrole nitrogens is 1. The Labute approximate surface area is 148 Å². The first kappa shape index (κ1) is 15.7. The molecule has 0 saturated carbocycles. The van der Waals surface area contributed by atoms with E-state index in [9.17, 15) is 4.79 Å². The number of anilines is 1. The van der Waals surface area contributed by atoms with Crippen molar-refractivity contribution in [1.29, 1.82) is 0 Å². The second kappa shape index (κ2) is 6.60. The number of nitrogens with one attached hydrogen (secondary N) is 2. The minimum Gasteiger partial charge on any atom is -0.314 e. The highest BCUT2D eigenvalue weighted by molar-refractivity contribution is 7.10. The second-order valence-corrected chi connectivity index (χ2v) is 6.63. The van der Waals surface area contributed by atoms with Crippen LogP contribution in [0, 0.1) is 6.92 Å². The average molecular weight is 355 g/mol. The third kappa shape index (κ3) is 3.10. The molecule has 0 bridgehead atoms. The number of aromatic nitrogens is 5. The predicted molar refractivity (Wildman–Crippen MR) is 94.2 cm³/mol. The van der Waals surface area contributed by atoms with Crippen molar-refractivity contribution in [1.82, 2.24) is 29.7 Å². The molecule has 1 saturated heterocycles. The molecule has 9 heteroatoms. The van der Waals surface area contributed by atoms with Crippen LogP contribution in [-0.2, 0) is 0 Å². The third-order valence-corrected chi connectivity index (χ3v) is 4.82. The molecule has 25 heavy (non-hydrogen) atoms. The highest BCUT2D eigenvalue weighted by Gasteiger charge is 2.33. The molecule has 1 aliphatic heterocycles. The summed E-state index contributed by atoms with van der Waals surface area (Å²) in [6.07, 6.45) is 1.79. The number of carbonyl (C=O) groups is 1. The lowest BCUT2D eigenvalue weighted by Gasteiger charge is -2.22. The lowest BCUT2D eigenvalue weighted by Crippen LogP contribution is -2.34. The molecule has 0 radical (unpaired) electrons. The van der Waals surface area contributed by atoms with Crippen molar-refractivity contribution in [2.75, 3.05) is 11.9 Å². The molecule has 1 aliphatic rings. The van der Waals surface area contributed by atoms with Gasteiger partial charge in [-0.2, -0.15) is 5.10 Å². The Balaban J connectivity index is 1.54. The number of aromatic amines is 1. The molecule has 0 unspecified atom stereocenters. The monoisotopic (exact) mass is 355 g/mol. The van der Waals surface area contributed by atoms with E-state index in [0.29, 0.717) is 23.1 Å². The van der Waals surface area contributed by atoms with E-state index in [1.165, 1.54) is 11.5 Å². The number of urea groups is 1. The van der Waals surface area contributed by atoms with Gasteiger partial charge in [0, 0.05) is 23.6 Å². The summed E-state index contributed by atoms with van der Waals surface area (Å²) in [6, 6.07) is 9.42. The fourth-order valence-electron chi connectivity index (χ4n) is 3.01. The van der Waals surface area contributed by atoms with Crippen LogP contribution in [-0.4, -0.2) is 42.2 Å². The molecule has 0 spiro atoms. The lowest BCUT2D eigenvalue weighted by molar-refractivity contribution is 0.205. The Morgan fingerprint density at radius 3 is 2.96 bits per heavy atom. The van der Waals surface area contributed by atoms with Crippen LogP contribution >= 0.6 is 11.5 Å². The minimum atomic E-state index is -0.173. The lowest BCUT2D eigenvalue weighted by atomic mass is 10.2. The molecule has 2 amide bonds. The molecule has 2 aromatic heterocycles. The molecule has 1 fully saturated rings. The minimum absolute atomic E-state index is 0.106. The first-order valence-electron chi connectivity index (χ1n) is 8.06. The van der Waals surface area contributed by atoms with Crippen molar-refractivity contribution in [3.8, 4) is 11.3 Å². The molecular weight excluding hydrogens is 338 g/mol. The standard InChI is InChI=1S/C16H17N7OS/c1-10-17-14(21-19-10)12-8-5-9-23(12)16(24)18-15-13(20-22-25-15)11-6-3-2-4-7-11/h2-4,6-7,12H,5,8-9H2,1H3,(H,18,24)(H,17,19,21)/t12-/m0/s1. The van der Waals surface area contributed by atoms with Crippen LogP contribution in [0.1, 0.15) is 30.5 Å². The Morgan fingerprint density at radius 2 is 2.20 bits per heavy atom. The molecule has 4 rings (SSSR count). The number of likely N-dealkylation sites (tertiary alicyclic amines) is 1. The van der Waals surface area contributed by atoms with E-state index < -0.39 is 0 Å². The van der Waals surface area contributed by atoms with Crippen molar-refractivity contribution >= 4 is 22.6 Å². The smallest absolute Gasteiger partial charge is 0.314 e. The van der Waals surface area contributed by atoms with E-state index in [4.69, 9.17) is 0 Å². The van der Waals surface area contributed by atoms with Gasteiger partial charge in [0.1, 0.15) is 16.5 Å². The zero-order valence-corrected chi connectivity index (χ0v) is 14.5. The first-order chi connectivity index (χ1) is 12.2. The molecule has 128 valence electrons. The summed E-state index contributed by atoms with van der Waals surface area (Å²) in [5, 5.41) is 14.8. The maximum absolute atomic E-state index is 12.8. The van der Waals surface area contributed by atoms with E-state index in [1.54, 1.807) is 4.90 Å². The van der Waals surface area contributed by atoms with E-state index in [1.807, 2.05) is 37.3 Å². The first-order valence-corrected chi connectivity index (χ1v) is 8.84. The van der Waals surface area contributed by atoms with Crippen molar-refractivity contribution in [3.63, 3.8) is 0 Å². The molecule has 1 aromatic carbocycles. The SMILES string of the molecule is Cc1nc([C@@H]2CCCN2C(=O)Nc2snnc2-c2ccccc2)n[nH]1. The van der Waals surface area contributed by atoms with Crippen molar-refractivity contribution in [2.45, 2.75) is 25.8 Å². The Bertz CT molecular complexity index is 876. The Kier molecular flexibility index (Phi) is 4.14. The number of rotatable bonds is 3. The Hall–Kier alpha value is -2.81. The van der Waals surface area contributed by atoms with E-state index in [-0.39, 0.29) is 12.1 Å². The fraction of sp³-hybridized carbons (Fsp3) is 0.312. The normalized spacial score (nSPS) is 17.0. The largest absolute Gasteiger partial charge is 0.323 e. The summed E-state index contributed by atoms with van der Waals surface area (Å²) >= 11 is 1.18. The quantitative estimate of drug-likeness (QED) is 0.752. The number of hydrogen-bond donors (Lipinski definition) is 2. The molecule has 0 aliphatic carbocycles. The summed E-state index contributed by atoms with van der Waals surface area (Å²) < 4.78 is 3.99. The van der Waals surface area contributed by atoms with Gasteiger partial charge in [0.25, 0.3) is 0 Å². The van der Waals surface area contributed by atoms with Gasteiger partial charge in [-0.3, -0.25) is 10.4 Å². The van der Waals surface area contributed by atoms with Gasteiger partial charge in [-0.1, -0.05) is 34.8 Å². The van der Waals surface area contributed by atoms with Crippen LogP contribution in [0.5, 0.6) is 0 Å². The molecule has 2 N–H and O–H groups in total. The van der Waals surface area contributed by atoms with Crippen LogP contribution in [0.3, 0.4) is 0 Å². The summed E-state index contributed by atoms with van der Waals surface area (Å²) in [5.41, 5.74) is 1.61. The van der Waals surface area contributed by atoms with Gasteiger partial charge in [-0.15, -0.1) is 5.10 Å². The zero-order valence-electron chi connectivity index (χ0n) is 13.6. The van der Waals surface area contributed by atoms with Gasteiger partial charge in [0.2, 0.25) is 0 Å². The zero-order chi connectivity index (χ0) is 17.2. The van der Waals surface area contributed by atoms with E-state index in [2.05, 4.69) is 30.1 Å². The van der Waals surface area contributed by atoms with Crippen LogP contribution in [0.2, 0.25) is 0 Å². The number of benzene rings is 1. The van der Waals surface area contributed by atoms with Gasteiger partial charge in [0.15, 0.2) is 5.82 Å². The number of nitrogens with zero attached hydrogens (tertiary/aromatic N) is 5. The summed E-state index contributed by atoms with van der Waals surface area (Å²) in [5.74, 6) is 1.41. The topological polar surface area (TPSA) is 99.7 Å². The van der Waals surface area contributed by atoms with Gasteiger partial charge < -0.3 is 4.90 Å². The van der Waals surface area contributed by atoms with Crippen LogP contribution in [0.15, 0.2) is 30.3 Å². The molecular formula is C16H17N7OS. The van der Waals surface area contributed by atoms with Gasteiger partial charge >= 0.3 is 6.03 Å². The summed E-state index contributed by atoms with van der Waals surface area (Å²) in [6.45, 7) is 2.53. The van der Waals surface area contributed by atoms with Crippen LogP contribution < -0.4 is 5.32 Å². The molecule has 3 heterocycles. The highest BCUT2D eigenvalue weighted by Crippen LogP contribution is 2.33. The average Bonchev–Trinajstić information content (AvgIpc) is 3.35. The van der Waals surface area contributed by atoms with Gasteiger partial charge in [-0.05, 0) is 19.8 Å². The summed E-state index contributed by atoms with van der Waals surface area (Å²) in [4.78, 5) is 18.9. The molecule has 3 aromatic rings. The van der Waals surface area contributed by atoms with Gasteiger partial charge in [-0.25, -0.2) is 9.78 Å². The van der Waals surface area contributed by atoms with Crippen molar-refractivity contribution in [2.24, 2.45) is 0 Å². The molecule has 8 nitrogen and oxygen atoms in total. The predicted octanol–water partition coefficient (Wildman–Crippen LogP) is 3.00. The number of aryl methyl sites for hydroxylation is 1. The van der Waals surface area contributed by atoms with Crippen LogP contribution in [0.4, 0.5) is 9.80 Å². The van der Waals surface area contributed by atoms with E-state index >= 15 is 0 Å². The van der Waals surface area contributed by atoms with E-state index in [0.717, 1.165) is 24.2 Å². The maximum Gasteiger partial charge on any atom is 0.323 e. The number of carbonyl (C=O) groups excluding carboxylic acids is 1. The third-order valence-electron chi connectivity index (χ3n) is 4.18. The number of hydrogen-bond acceptors (Lipinski definition) is 6. The second-order valence-electron chi connectivity index (χ2n) is 5.88. The highest BCUT2D eigenvalue weighted by atomic mass is 32.1.